The molecule has 1 N–H and O–H groups in total. The fraction of sp³-hybridized carbons (Fsp3) is 0.310. The number of anilines is 2. The molecule has 0 atom stereocenters. The molecule has 3 aromatic rings. The molecule has 1 aliphatic rings. The highest BCUT2D eigenvalue weighted by Gasteiger charge is 2.21. The zero-order chi connectivity index (χ0) is 29.2. The highest BCUT2D eigenvalue weighted by molar-refractivity contribution is 6.34. The van der Waals surface area contributed by atoms with Gasteiger partial charge in [-0.05, 0) is 42.5 Å². The number of carbonyl (C=O) groups excluding carboxylic acids is 2. The van der Waals surface area contributed by atoms with Gasteiger partial charge in [-0.25, -0.2) is 18.7 Å². The van der Waals surface area contributed by atoms with E-state index in [1.807, 2.05) is 0 Å². The molecule has 0 unspecified atom stereocenters. The number of ether oxygens (including phenoxy) is 5. The molecule has 1 aliphatic carbocycles. The number of benzene rings is 2. The van der Waals surface area contributed by atoms with Crippen LogP contribution >= 0.6 is 0 Å². The number of halogens is 2. The van der Waals surface area contributed by atoms with Crippen molar-refractivity contribution in [3.05, 3.63) is 60.5 Å². The van der Waals surface area contributed by atoms with Gasteiger partial charge in [-0.15, -0.1) is 0 Å². The Morgan fingerprint density at radius 2 is 1.59 bits per heavy atom. The first-order valence-electron chi connectivity index (χ1n) is 12.7. The highest BCUT2D eigenvalue weighted by atomic mass is 19.1. The van der Waals surface area contributed by atoms with Crippen molar-refractivity contribution in [3.63, 3.8) is 0 Å². The van der Waals surface area contributed by atoms with Crippen molar-refractivity contribution in [1.82, 2.24) is 9.97 Å². The molecule has 2 aromatic carbocycles. The van der Waals surface area contributed by atoms with E-state index in [9.17, 15) is 18.4 Å². The number of hydrogen-bond acceptors (Lipinski definition) is 10. The molecule has 41 heavy (non-hydrogen) atoms. The van der Waals surface area contributed by atoms with Crippen molar-refractivity contribution in [1.29, 1.82) is 0 Å². The summed E-state index contributed by atoms with van der Waals surface area (Å²) in [6.45, 7) is -0.787. The zero-order valence-corrected chi connectivity index (χ0v) is 22.5. The first kappa shape index (κ1) is 29.6. The van der Waals surface area contributed by atoms with Gasteiger partial charge in [0, 0.05) is 42.5 Å². The minimum atomic E-state index is -1.30. The third kappa shape index (κ3) is 7.41. The van der Waals surface area contributed by atoms with E-state index < -0.39 is 25.2 Å². The Morgan fingerprint density at radius 1 is 0.878 bits per heavy atom. The number of rotatable bonds is 15. The predicted octanol–water partition coefficient (Wildman–Crippen LogP) is 4.20. The largest absolute Gasteiger partial charge is 0.487 e. The van der Waals surface area contributed by atoms with Gasteiger partial charge in [0.2, 0.25) is 0 Å². The minimum absolute atomic E-state index is 0.0817. The van der Waals surface area contributed by atoms with Gasteiger partial charge < -0.3 is 29.0 Å². The van der Waals surface area contributed by atoms with Crippen molar-refractivity contribution >= 4 is 39.5 Å². The van der Waals surface area contributed by atoms with Gasteiger partial charge >= 0.3 is 0 Å². The van der Waals surface area contributed by atoms with Gasteiger partial charge in [0.1, 0.15) is 44.5 Å². The second kappa shape index (κ2) is 14.3. The van der Waals surface area contributed by atoms with Gasteiger partial charge in [0.25, 0.3) is 0 Å². The summed E-state index contributed by atoms with van der Waals surface area (Å²) in [6.07, 6.45) is 3.57. The number of allylic oxidation sites excluding steroid dienone is 4. The number of carbonyl (C=O) groups is 2. The lowest BCUT2D eigenvalue weighted by Gasteiger charge is -2.19. The summed E-state index contributed by atoms with van der Waals surface area (Å²) in [5.41, 5.74) is 1.29. The topological polar surface area (TPSA) is 118 Å². The maximum atomic E-state index is 13.1. The fourth-order valence-electron chi connectivity index (χ4n) is 3.93. The number of ketones is 2. The lowest BCUT2D eigenvalue weighted by molar-refractivity contribution is -0.113. The summed E-state index contributed by atoms with van der Waals surface area (Å²) in [4.78, 5) is 33.6. The second-order valence-electron chi connectivity index (χ2n) is 8.76. The smallest absolute Gasteiger partial charge is 0.186 e. The third-order valence-corrected chi connectivity index (χ3v) is 5.92. The van der Waals surface area contributed by atoms with Crippen LogP contribution in [0, 0.1) is 0 Å². The van der Waals surface area contributed by atoms with Crippen molar-refractivity contribution in [3.8, 4) is 17.2 Å². The molecule has 0 radical (unpaired) electrons. The number of fused-ring (bicyclic) bond motifs is 1. The summed E-state index contributed by atoms with van der Waals surface area (Å²) < 4.78 is 53.6. The fourth-order valence-corrected chi connectivity index (χ4v) is 3.93. The number of nitrogens with zero attached hydrogens (tertiary/aromatic N) is 2. The van der Waals surface area contributed by atoms with E-state index in [1.54, 1.807) is 32.4 Å². The molecule has 216 valence electrons. The van der Waals surface area contributed by atoms with Crippen LogP contribution in [0.15, 0.2) is 54.9 Å². The molecule has 10 nitrogen and oxygen atoms in total. The molecule has 1 heterocycles. The van der Waals surface area contributed by atoms with E-state index in [0.29, 0.717) is 53.7 Å². The summed E-state index contributed by atoms with van der Waals surface area (Å²) in [5.74, 6) is 0.569. The Bertz CT molecular complexity index is 1460. The van der Waals surface area contributed by atoms with Gasteiger partial charge in [-0.2, -0.15) is 0 Å². The summed E-state index contributed by atoms with van der Waals surface area (Å²) >= 11 is 0. The third-order valence-electron chi connectivity index (χ3n) is 5.92. The summed E-state index contributed by atoms with van der Waals surface area (Å²) in [5, 5.41) is 3.77. The molecule has 1 aromatic heterocycles. The molecule has 0 saturated heterocycles. The molecule has 0 saturated carbocycles. The monoisotopic (exact) mass is 569 g/mol. The van der Waals surface area contributed by atoms with Gasteiger partial charge in [-0.1, -0.05) is 0 Å². The van der Waals surface area contributed by atoms with Crippen LogP contribution in [-0.4, -0.2) is 81.6 Å². The van der Waals surface area contributed by atoms with Gasteiger partial charge in [-0.3, -0.25) is 9.59 Å². The van der Waals surface area contributed by atoms with Crippen LogP contribution < -0.4 is 19.5 Å². The van der Waals surface area contributed by atoms with E-state index in [4.69, 9.17) is 23.7 Å². The summed E-state index contributed by atoms with van der Waals surface area (Å²) in [6, 6.07) is 7.95. The van der Waals surface area contributed by atoms with Crippen LogP contribution in [0.2, 0.25) is 0 Å². The predicted molar refractivity (Wildman–Crippen MR) is 148 cm³/mol. The first-order valence-corrected chi connectivity index (χ1v) is 12.7. The lowest BCUT2D eigenvalue weighted by Crippen LogP contribution is -2.21. The Morgan fingerprint density at radius 3 is 2.27 bits per heavy atom. The Labute approximate surface area is 234 Å². The first-order chi connectivity index (χ1) is 20.0. The number of nitrogens with one attached hydrogen (secondary N) is 1. The molecule has 12 heteroatoms. The van der Waals surface area contributed by atoms with Crippen LogP contribution in [0.1, 0.15) is 5.56 Å². The van der Waals surface area contributed by atoms with E-state index >= 15 is 0 Å². The molecule has 0 fully saturated rings. The SMILES string of the molecule is COCCOc1cc2ncnc(Nc3ccc(OC(CF)CF)cc3C3=CC(=O)C=CC3=O)c2cc1OCCOC. The molecular formula is C29H29F2N3O7. The minimum Gasteiger partial charge on any atom is -0.487 e. The second-order valence-corrected chi connectivity index (χ2v) is 8.76. The maximum Gasteiger partial charge on any atom is 0.186 e. The molecular weight excluding hydrogens is 540 g/mol. The molecule has 0 aliphatic heterocycles. The maximum absolute atomic E-state index is 13.1. The van der Waals surface area contributed by atoms with Gasteiger partial charge in [0.15, 0.2) is 29.2 Å². The number of alkyl halides is 2. The normalized spacial score (nSPS) is 13.0. The van der Waals surface area contributed by atoms with Crippen molar-refractivity contribution in [2.24, 2.45) is 0 Å². The Hall–Kier alpha value is -4.42. The lowest BCUT2D eigenvalue weighted by atomic mass is 9.94. The Balaban J connectivity index is 1.76. The molecule has 0 amide bonds. The summed E-state index contributed by atoms with van der Waals surface area (Å²) in [7, 11) is 3.14. The average molecular weight is 570 g/mol. The zero-order valence-electron chi connectivity index (χ0n) is 22.5. The molecule has 0 bridgehead atoms. The van der Waals surface area contributed by atoms with E-state index in [1.165, 1.54) is 24.5 Å². The average Bonchev–Trinajstić information content (AvgIpc) is 2.98. The number of methoxy groups -OCH3 is 2. The van der Waals surface area contributed by atoms with Gasteiger partial charge in [0.05, 0.1) is 18.7 Å². The molecule has 0 spiro atoms. The number of aromatic nitrogens is 2. The standard InChI is InChI=1S/C29H29F2N3O7/c1-37-7-9-39-27-13-23-25(14-28(27)40-10-8-38-2)32-17-33-29(23)34-24-5-4-19(41-20(15-30)16-31)12-21(24)22-11-18(35)3-6-26(22)36/h3-6,11-14,17,20H,7-10,15-16H2,1-2H3,(H,32,33,34). The van der Waals surface area contributed by atoms with E-state index in [-0.39, 0.29) is 29.3 Å². The van der Waals surface area contributed by atoms with Crippen LogP contribution in [0.5, 0.6) is 17.2 Å². The van der Waals surface area contributed by atoms with Crippen molar-refractivity contribution in [2.45, 2.75) is 6.10 Å². The Kier molecular flexibility index (Phi) is 10.3. The number of hydrogen-bond donors (Lipinski definition) is 1. The highest BCUT2D eigenvalue weighted by Crippen LogP contribution is 2.37. The molecule has 4 rings (SSSR count). The van der Waals surface area contributed by atoms with Crippen molar-refractivity contribution < 1.29 is 42.1 Å². The van der Waals surface area contributed by atoms with E-state index in [0.717, 1.165) is 12.2 Å². The quantitative estimate of drug-likeness (QED) is 0.211. The van der Waals surface area contributed by atoms with Crippen molar-refractivity contribution in [2.75, 3.05) is 59.3 Å². The van der Waals surface area contributed by atoms with Crippen LogP contribution in [0.4, 0.5) is 20.3 Å². The van der Waals surface area contributed by atoms with E-state index in [2.05, 4.69) is 15.3 Å². The van der Waals surface area contributed by atoms with Crippen LogP contribution in [0.25, 0.3) is 16.5 Å². The van der Waals surface area contributed by atoms with Crippen LogP contribution in [0.3, 0.4) is 0 Å². The van der Waals surface area contributed by atoms with Crippen LogP contribution in [-0.2, 0) is 19.1 Å².